The molecule has 2 rings (SSSR count). The van der Waals surface area contributed by atoms with Crippen LogP contribution in [0.1, 0.15) is 36.2 Å². The van der Waals surface area contributed by atoms with Gasteiger partial charge in [0.25, 0.3) is 0 Å². The second kappa shape index (κ2) is 6.27. The Hall–Kier alpha value is -1.55. The van der Waals surface area contributed by atoms with Gasteiger partial charge in [0.1, 0.15) is 0 Å². The van der Waals surface area contributed by atoms with Crippen LogP contribution in [-0.4, -0.2) is 31.1 Å². The van der Waals surface area contributed by atoms with E-state index in [1.54, 1.807) is 6.07 Å². The van der Waals surface area contributed by atoms with E-state index in [2.05, 4.69) is 18.7 Å². The fourth-order valence-electron chi connectivity index (χ4n) is 2.89. The minimum absolute atomic E-state index is 0.349. The van der Waals surface area contributed by atoms with Crippen molar-refractivity contribution in [1.82, 2.24) is 4.90 Å². The summed E-state index contributed by atoms with van der Waals surface area (Å²) in [7, 11) is 1.39. The molecular formula is C16H24N2O2. The summed E-state index contributed by atoms with van der Waals surface area (Å²) in [6.07, 6.45) is 1.23. The Morgan fingerprint density at radius 2 is 2.25 bits per heavy atom. The minimum Gasteiger partial charge on any atom is -0.465 e. The first-order chi connectivity index (χ1) is 9.52. The lowest BCUT2D eigenvalue weighted by Gasteiger charge is -2.19. The maximum Gasteiger partial charge on any atom is 0.340 e. The highest BCUT2D eigenvalue weighted by molar-refractivity contribution is 5.96. The van der Waals surface area contributed by atoms with Crippen LogP contribution in [0, 0.1) is 11.8 Å². The molecule has 1 heterocycles. The van der Waals surface area contributed by atoms with Gasteiger partial charge in [-0.05, 0) is 36.4 Å². The van der Waals surface area contributed by atoms with Crippen molar-refractivity contribution in [3.63, 3.8) is 0 Å². The molecule has 0 aliphatic carbocycles. The monoisotopic (exact) mass is 276 g/mol. The molecule has 1 aliphatic rings. The van der Waals surface area contributed by atoms with Crippen LogP contribution >= 0.6 is 0 Å². The topological polar surface area (TPSA) is 55.6 Å². The van der Waals surface area contributed by atoms with Gasteiger partial charge in [0.2, 0.25) is 0 Å². The highest BCUT2D eigenvalue weighted by atomic mass is 16.5. The number of carbonyl (C=O) groups is 1. The molecule has 1 saturated heterocycles. The maximum atomic E-state index is 11.9. The lowest BCUT2D eigenvalue weighted by molar-refractivity contribution is 0.0599. The summed E-state index contributed by atoms with van der Waals surface area (Å²) < 4.78 is 4.84. The summed E-state index contributed by atoms with van der Waals surface area (Å²) in [5.41, 5.74) is 7.90. The molecule has 1 aliphatic heterocycles. The van der Waals surface area contributed by atoms with Gasteiger partial charge in [-0.25, -0.2) is 4.79 Å². The molecule has 0 saturated carbocycles. The van der Waals surface area contributed by atoms with Gasteiger partial charge in [-0.2, -0.15) is 0 Å². The average molecular weight is 276 g/mol. The number of nitrogens with zero attached hydrogens (tertiary/aromatic N) is 1. The minimum atomic E-state index is -0.349. The van der Waals surface area contributed by atoms with Gasteiger partial charge in [-0.1, -0.05) is 26.0 Å². The molecule has 2 N–H and O–H groups in total. The molecule has 20 heavy (non-hydrogen) atoms. The molecule has 1 fully saturated rings. The molecule has 4 heteroatoms. The van der Waals surface area contributed by atoms with Crippen LogP contribution in [0.25, 0.3) is 0 Å². The number of esters is 1. The summed E-state index contributed by atoms with van der Waals surface area (Å²) in [5.74, 6) is 1.11. The Labute approximate surface area is 120 Å². The zero-order chi connectivity index (χ0) is 14.7. The fraction of sp³-hybridized carbons (Fsp3) is 0.562. The molecule has 1 aromatic rings. The smallest absolute Gasteiger partial charge is 0.340 e. The average Bonchev–Trinajstić information content (AvgIpc) is 2.87. The Bertz CT molecular complexity index is 485. The number of nitrogens with two attached hydrogens (primary N) is 1. The Balaban J connectivity index is 2.14. The lowest BCUT2D eigenvalue weighted by Crippen LogP contribution is -2.23. The Morgan fingerprint density at radius 3 is 2.85 bits per heavy atom. The Kier molecular flexibility index (Phi) is 4.65. The summed E-state index contributed by atoms with van der Waals surface area (Å²) in [6, 6.07) is 5.61. The van der Waals surface area contributed by atoms with Gasteiger partial charge in [-0.15, -0.1) is 0 Å². The van der Waals surface area contributed by atoms with Crippen LogP contribution in [0.5, 0.6) is 0 Å². The summed E-state index contributed by atoms with van der Waals surface area (Å²) in [5, 5.41) is 0. The number of methoxy groups -OCH3 is 1. The normalized spacial score (nSPS) is 19.5. The standard InChI is InChI=1S/C16H24N2O2/c1-11(2)12-7-8-18(9-12)10-13-5-4-6-14(17)15(13)16(19)20-3/h4-6,11-12H,7-10,17H2,1-3H3. The second-order valence-electron chi connectivity index (χ2n) is 5.90. The molecule has 1 unspecified atom stereocenters. The fourth-order valence-corrected chi connectivity index (χ4v) is 2.89. The predicted octanol–water partition coefficient (Wildman–Crippen LogP) is 2.53. The lowest BCUT2D eigenvalue weighted by atomic mass is 9.95. The first-order valence-corrected chi connectivity index (χ1v) is 7.21. The van der Waals surface area contributed by atoms with Crippen LogP contribution in [0.3, 0.4) is 0 Å². The first-order valence-electron chi connectivity index (χ1n) is 7.21. The third kappa shape index (κ3) is 3.12. The zero-order valence-electron chi connectivity index (χ0n) is 12.6. The van der Waals surface area contributed by atoms with Crippen molar-refractivity contribution >= 4 is 11.7 Å². The third-order valence-corrected chi connectivity index (χ3v) is 4.22. The van der Waals surface area contributed by atoms with E-state index < -0.39 is 0 Å². The van der Waals surface area contributed by atoms with E-state index in [-0.39, 0.29) is 5.97 Å². The van der Waals surface area contributed by atoms with Gasteiger partial charge in [-0.3, -0.25) is 4.90 Å². The van der Waals surface area contributed by atoms with Crippen molar-refractivity contribution in [2.75, 3.05) is 25.9 Å². The molecule has 1 atom stereocenters. The van der Waals surface area contributed by atoms with Crippen molar-refractivity contribution in [3.8, 4) is 0 Å². The predicted molar refractivity (Wildman–Crippen MR) is 80.4 cm³/mol. The highest BCUT2D eigenvalue weighted by Gasteiger charge is 2.26. The number of rotatable bonds is 4. The summed E-state index contributed by atoms with van der Waals surface area (Å²) in [4.78, 5) is 14.3. The van der Waals surface area contributed by atoms with Crippen LogP contribution in [0.4, 0.5) is 5.69 Å². The largest absolute Gasteiger partial charge is 0.465 e. The number of benzene rings is 1. The molecule has 0 spiro atoms. The second-order valence-corrected chi connectivity index (χ2v) is 5.90. The van der Waals surface area contributed by atoms with Gasteiger partial charge < -0.3 is 10.5 Å². The number of nitrogen functional groups attached to an aromatic ring is 1. The van der Waals surface area contributed by atoms with E-state index in [1.165, 1.54) is 13.5 Å². The molecule has 0 bridgehead atoms. The van der Waals surface area contributed by atoms with Gasteiger partial charge in [0, 0.05) is 18.8 Å². The summed E-state index contributed by atoms with van der Waals surface area (Å²) >= 11 is 0. The Morgan fingerprint density at radius 1 is 1.50 bits per heavy atom. The molecule has 110 valence electrons. The molecule has 0 amide bonds. The highest BCUT2D eigenvalue weighted by Crippen LogP contribution is 2.27. The molecule has 1 aromatic carbocycles. The van der Waals surface area contributed by atoms with Crippen molar-refractivity contribution in [1.29, 1.82) is 0 Å². The molecule has 0 aromatic heterocycles. The maximum absolute atomic E-state index is 11.9. The van der Waals surface area contributed by atoms with Crippen LogP contribution in [-0.2, 0) is 11.3 Å². The quantitative estimate of drug-likeness (QED) is 0.678. The van der Waals surface area contributed by atoms with Gasteiger partial charge >= 0.3 is 5.97 Å². The van der Waals surface area contributed by atoms with Crippen molar-refractivity contribution in [2.45, 2.75) is 26.8 Å². The summed E-state index contributed by atoms with van der Waals surface area (Å²) in [6.45, 7) is 7.48. The SMILES string of the molecule is COC(=O)c1c(N)cccc1CN1CCC(C(C)C)C1. The number of likely N-dealkylation sites (tertiary alicyclic amines) is 1. The van der Waals surface area contributed by atoms with E-state index >= 15 is 0 Å². The van der Waals surface area contributed by atoms with E-state index in [1.807, 2.05) is 12.1 Å². The zero-order valence-corrected chi connectivity index (χ0v) is 12.6. The van der Waals surface area contributed by atoms with Crippen LogP contribution in [0.15, 0.2) is 18.2 Å². The van der Waals surface area contributed by atoms with Crippen molar-refractivity contribution in [3.05, 3.63) is 29.3 Å². The number of carbonyl (C=O) groups excluding carboxylic acids is 1. The van der Waals surface area contributed by atoms with Crippen molar-refractivity contribution in [2.24, 2.45) is 11.8 Å². The van der Waals surface area contributed by atoms with E-state index in [0.717, 1.165) is 31.1 Å². The number of hydrogen-bond acceptors (Lipinski definition) is 4. The van der Waals surface area contributed by atoms with E-state index in [9.17, 15) is 4.79 Å². The van der Waals surface area contributed by atoms with Gasteiger partial charge in [0.15, 0.2) is 0 Å². The third-order valence-electron chi connectivity index (χ3n) is 4.22. The first kappa shape index (κ1) is 14.9. The number of ether oxygens (including phenoxy) is 1. The van der Waals surface area contributed by atoms with E-state index in [0.29, 0.717) is 17.2 Å². The van der Waals surface area contributed by atoms with Crippen LogP contribution < -0.4 is 5.73 Å². The van der Waals surface area contributed by atoms with Crippen LogP contribution in [0.2, 0.25) is 0 Å². The number of hydrogen-bond donors (Lipinski definition) is 1. The number of anilines is 1. The molecule has 0 radical (unpaired) electrons. The molecular weight excluding hydrogens is 252 g/mol. The van der Waals surface area contributed by atoms with Crippen molar-refractivity contribution < 1.29 is 9.53 Å². The van der Waals surface area contributed by atoms with E-state index in [4.69, 9.17) is 10.5 Å². The molecule has 4 nitrogen and oxygen atoms in total. The van der Waals surface area contributed by atoms with Gasteiger partial charge in [0.05, 0.1) is 12.7 Å².